The van der Waals surface area contributed by atoms with Crippen LogP contribution < -0.4 is 19.5 Å². The molecule has 2 saturated heterocycles. The molecule has 0 aliphatic carbocycles. The molecule has 6 atom stereocenters. The average Bonchev–Trinajstić information content (AvgIpc) is 3.82. The molecule has 2 aromatic rings. The molecule has 1 amide bonds. The zero-order valence-electron chi connectivity index (χ0n) is 31.4. The second-order valence-corrected chi connectivity index (χ2v) is 22.6. The van der Waals surface area contributed by atoms with Crippen LogP contribution in [0.15, 0.2) is 47.4 Å². The third kappa shape index (κ3) is 9.41. The van der Waals surface area contributed by atoms with Crippen LogP contribution in [-0.2, 0) is 30.3 Å². The average molecular weight is 765 g/mol. The summed E-state index contributed by atoms with van der Waals surface area (Å²) in [6.45, 7) is 16.6. The number of hydrogen-bond donors (Lipinski definition) is 3. The van der Waals surface area contributed by atoms with Crippen molar-refractivity contribution in [3.05, 3.63) is 48.0 Å². The Morgan fingerprint density at radius 2 is 1.77 bits per heavy atom. The number of benzene rings is 2. The van der Waals surface area contributed by atoms with E-state index in [-0.39, 0.29) is 48.1 Å². The lowest BCUT2D eigenvalue weighted by atomic mass is 9.81. The predicted octanol–water partition coefficient (Wildman–Crippen LogP) is 5.47. The number of sulfonamides is 1. The Morgan fingerprint density at radius 1 is 1.06 bits per heavy atom. The summed E-state index contributed by atoms with van der Waals surface area (Å²) in [6.07, 6.45) is -1.84. The van der Waals surface area contributed by atoms with Gasteiger partial charge in [0.25, 0.3) is 0 Å². The Bertz CT molecular complexity index is 1620. The lowest BCUT2D eigenvalue weighted by Gasteiger charge is -2.42. The van der Waals surface area contributed by atoms with E-state index in [1.54, 1.807) is 6.07 Å². The molecule has 3 heterocycles. The van der Waals surface area contributed by atoms with Crippen LogP contribution in [0.25, 0.3) is 0 Å². The highest BCUT2D eigenvalue weighted by Gasteiger charge is 2.52. The number of hydrogen-bond acceptors (Lipinski definition) is 10. The predicted molar refractivity (Wildman–Crippen MR) is 197 cm³/mol. The van der Waals surface area contributed by atoms with Gasteiger partial charge in [-0.1, -0.05) is 46.8 Å². The maximum Gasteiger partial charge on any atom is 0.404 e. The summed E-state index contributed by atoms with van der Waals surface area (Å²) in [5.74, 6) is 0.626. The summed E-state index contributed by atoms with van der Waals surface area (Å²) in [6, 6.07) is 9.61. The number of carboxylic acid groups (broad SMARTS) is 1. The van der Waals surface area contributed by atoms with Crippen LogP contribution >= 0.6 is 0 Å². The summed E-state index contributed by atoms with van der Waals surface area (Å²) < 4.78 is 65.4. The maximum atomic E-state index is 14.6. The molecule has 3 N–H and O–H groups in total. The summed E-state index contributed by atoms with van der Waals surface area (Å²) in [5, 5.41) is 24.9. The number of rotatable bonds is 17. The van der Waals surface area contributed by atoms with Gasteiger partial charge >= 0.3 is 6.09 Å². The molecular formula is C37H56N2O11SSi. The van der Waals surface area contributed by atoms with E-state index in [0.717, 1.165) is 12.0 Å². The van der Waals surface area contributed by atoms with Crippen molar-refractivity contribution in [2.75, 3.05) is 39.8 Å². The van der Waals surface area contributed by atoms with Gasteiger partial charge in [-0.25, -0.2) is 13.2 Å². The highest BCUT2D eigenvalue weighted by molar-refractivity contribution is 7.89. The minimum atomic E-state index is -4.25. The second kappa shape index (κ2) is 16.6. The van der Waals surface area contributed by atoms with E-state index in [0.29, 0.717) is 43.5 Å². The van der Waals surface area contributed by atoms with Gasteiger partial charge < -0.3 is 43.6 Å². The zero-order valence-corrected chi connectivity index (χ0v) is 33.2. The summed E-state index contributed by atoms with van der Waals surface area (Å²) in [4.78, 5) is 12.2. The summed E-state index contributed by atoms with van der Waals surface area (Å²) in [7, 11) is -6.09. The largest absolute Gasteiger partial charge is 0.494 e. The number of aliphatic hydroxyl groups is 1. The van der Waals surface area contributed by atoms with E-state index in [1.165, 1.54) is 16.4 Å². The van der Waals surface area contributed by atoms with E-state index in [4.69, 9.17) is 28.1 Å². The molecule has 0 saturated carbocycles. The van der Waals surface area contributed by atoms with Crippen molar-refractivity contribution in [1.82, 2.24) is 9.62 Å². The first-order valence-electron chi connectivity index (χ1n) is 18.2. The second-order valence-electron chi connectivity index (χ2n) is 15.9. The summed E-state index contributed by atoms with van der Waals surface area (Å²) >= 11 is 0. The molecule has 0 spiro atoms. The van der Waals surface area contributed by atoms with Gasteiger partial charge in [0.05, 0.1) is 42.9 Å². The van der Waals surface area contributed by atoms with Crippen LogP contribution in [0.3, 0.4) is 0 Å². The molecule has 2 aromatic carbocycles. The standard InChI is InChI=1S/C37H56N2O11SSi/c1-24(2)21-39(51(43,44)27-13-14-31-32(20-27)49-23-48-31)33(29-22-47-35-28(29)15-18-46-35)34(40)30(38-36(41)42)19-25-9-11-26(12-10-25)45-16-8-17-50-52(6,7)37(3,4)5/h9-14,20,24,28-30,33-35,38,40H,8,15-19,21-23H2,1-7H3,(H,41,42)/t28-,29+,30-,33?,34+,35+/m0/s1. The van der Waals surface area contributed by atoms with Crippen molar-refractivity contribution < 1.29 is 51.5 Å². The van der Waals surface area contributed by atoms with Gasteiger partial charge in [-0.05, 0) is 66.7 Å². The molecule has 52 heavy (non-hydrogen) atoms. The van der Waals surface area contributed by atoms with Crippen LogP contribution in [0.1, 0.15) is 53.0 Å². The number of aliphatic hydroxyl groups excluding tert-OH is 1. The first kappa shape index (κ1) is 40.3. The van der Waals surface area contributed by atoms with Crippen molar-refractivity contribution in [3.63, 3.8) is 0 Å². The molecule has 0 radical (unpaired) electrons. The van der Waals surface area contributed by atoms with E-state index in [1.807, 2.05) is 38.1 Å². The van der Waals surface area contributed by atoms with Crippen LogP contribution in [0, 0.1) is 17.8 Å². The maximum absolute atomic E-state index is 14.6. The molecule has 5 rings (SSSR count). The number of nitrogens with zero attached hydrogens (tertiary/aromatic N) is 1. The normalized spacial score (nSPS) is 22.0. The fraction of sp³-hybridized carbons (Fsp3) is 0.649. The number of carbonyl (C=O) groups is 1. The fourth-order valence-electron chi connectivity index (χ4n) is 6.82. The van der Waals surface area contributed by atoms with Gasteiger partial charge in [-0.3, -0.25) is 0 Å². The minimum Gasteiger partial charge on any atom is -0.494 e. The SMILES string of the molecule is CC(C)CN(C([C@H](O)[C@H](Cc1ccc(OCCCO[Si](C)(C)C(C)(C)C)cc1)NC(=O)O)[C@@H]1CO[C@H]2OCC[C@H]21)S(=O)(=O)c1ccc2c(c1)OCO2. The number of ether oxygens (including phenoxy) is 5. The van der Waals surface area contributed by atoms with Crippen molar-refractivity contribution in [3.8, 4) is 17.2 Å². The van der Waals surface area contributed by atoms with Crippen molar-refractivity contribution in [2.45, 2.75) is 101 Å². The van der Waals surface area contributed by atoms with E-state index in [2.05, 4.69) is 39.2 Å². The molecule has 0 bridgehead atoms. The topological polar surface area (TPSA) is 162 Å². The molecule has 0 aromatic heterocycles. The van der Waals surface area contributed by atoms with Gasteiger partial charge in [0.1, 0.15) is 5.75 Å². The Kier molecular flexibility index (Phi) is 12.9. The Balaban J connectivity index is 1.37. The van der Waals surface area contributed by atoms with Gasteiger partial charge in [0, 0.05) is 37.5 Å². The van der Waals surface area contributed by atoms with E-state index in [9.17, 15) is 23.4 Å². The van der Waals surface area contributed by atoms with Crippen molar-refractivity contribution in [2.24, 2.45) is 17.8 Å². The molecule has 3 aliphatic rings. The van der Waals surface area contributed by atoms with Crippen molar-refractivity contribution >= 4 is 24.4 Å². The van der Waals surface area contributed by atoms with Crippen LogP contribution in [-0.4, -0.2) is 102 Å². The van der Waals surface area contributed by atoms with E-state index >= 15 is 0 Å². The number of nitrogens with one attached hydrogen (secondary N) is 1. The monoisotopic (exact) mass is 764 g/mol. The quantitative estimate of drug-likeness (QED) is 0.138. The van der Waals surface area contributed by atoms with Crippen LogP contribution in [0.4, 0.5) is 4.79 Å². The molecular weight excluding hydrogens is 709 g/mol. The number of fused-ring (bicyclic) bond motifs is 2. The lowest BCUT2D eigenvalue weighted by molar-refractivity contribution is -0.0907. The highest BCUT2D eigenvalue weighted by Crippen LogP contribution is 2.43. The first-order chi connectivity index (χ1) is 24.5. The molecule has 1 unspecified atom stereocenters. The van der Waals surface area contributed by atoms with Gasteiger partial charge in [-0.2, -0.15) is 4.31 Å². The molecule has 3 aliphatic heterocycles. The van der Waals surface area contributed by atoms with Crippen LogP contribution in [0.5, 0.6) is 17.2 Å². The minimum absolute atomic E-state index is 0.0135. The lowest BCUT2D eigenvalue weighted by Crippen LogP contribution is -2.60. The highest BCUT2D eigenvalue weighted by atomic mass is 32.2. The molecule has 13 nitrogen and oxygen atoms in total. The first-order valence-corrected chi connectivity index (χ1v) is 22.5. The number of amides is 1. The smallest absolute Gasteiger partial charge is 0.404 e. The van der Waals surface area contributed by atoms with E-state index < -0.39 is 54.8 Å². The van der Waals surface area contributed by atoms with Gasteiger partial charge in [-0.15, -0.1) is 0 Å². The van der Waals surface area contributed by atoms with Gasteiger partial charge in [0.15, 0.2) is 26.1 Å². The Hall–Kier alpha value is -2.92. The third-order valence-electron chi connectivity index (χ3n) is 10.6. The molecule has 290 valence electrons. The Labute approximate surface area is 309 Å². The fourth-order valence-corrected chi connectivity index (χ4v) is 9.77. The van der Waals surface area contributed by atoms with Crippen LogP contribution in [0.2, 0.25) is 18.1 Å². The third-order valence-corrected chi connectivity index (χ3v) is 17.0. The molecule has 2 fully saturated rings. The van der Waals surface area contributed by atoms with Crippen molar-refractivity contribution in [1.29, 1.82) is 0 Å². The van der Waals surface area contributed by atoms with Gasteiger partial charge in [0.2, 0.25) is 16.8 Å². The molecule has 15 heteroatoms. The zero-order chi connectivity index (χ0) is 37.8. The summed E-state index contributed by atoms with van der Waals surface area (Å²) in [5.41, 5.74) is 0.740. The Morgan fingerprint density at radius 3 is 2.44 bits per heavy atom.